The van der Waals surface area contributed by atoms with Crippen molar-refractivity contribution in [3.8, 4) is 0 Å². The lowest BCUT2D eigenvalue weighted by Crippen LogP contribution is -2.33. The van der Waals surface area contributed by atoms with E-state index in [1.165, 1.54) is 11.3 Å². The Morgan fingerprint density at radius 2 is 1.95 bits per heavy atom. The Hall–Kier alpha value is -2.14. The summed E-state index contributed by atoms with van der Waals surface area (Å²) in [6.45, 7) is 3.77. The lowest BCUT2D eigenvalue weighted by Gasteiger charge is -2.14. The molecule has 0 saturated heterocycles. The molecule has 20 heavy (non-hydrogen) atoms. The van der Waals surface area contributed by atoms with Gasteiger partial charge in [-0.3, -0.25) is 4.79 Å². The number of nitrogens with one attached hydrogen (secondary N) is 1. The van der Waals surface area contributed by atoms with Crippen LogP contribution in [0.4, 0.5) is 0 Å². The van der Waals surface area contributed by atoms with Gasteiger partial charge in [0.25, 0.3) is 5.91 Å². The molecular formula is C15H15NO3S. The van der Waals surface area contributed by atoms with Crippen molar-refractivity contribution in [2.24, 2.45) is 0 Å². The van der Waals surface area contributed by atoms with Gasteiger partial charge in [-0.2, -0.15) is 0 Å². The van der Waals surface area contributed by atoms with Crippen LogP contribution in [0.25, 0.3) is 0 Å². The van der Waals surface area contributed by atoms with Crippen molar-refractivity contribution in [2.75, 3.05) is 0 Å². The summed E-state index contributed by atoms with van der Waals surface area (Å²) in [5.74, 6) is -1.43. The molecule has 2 N–H and O–H groups in total. The van der Waals surface area contributed by atoms with E-state index in [-0.39, 0.29) is 5.91 Å². The Balaban J connectivity index is 2.25. The van der Waals surface area contributed by atoms with Crippen molar-refractivity contribution in [2.45, 2.75) is 19.9 Å². The fourth-order valence-electron chi connectivity index (χ4n) is 1.92. The third-order valence-electron chi connectivity index (χ3n) is 3.20. The Bertz CT molecular complexity index is 635. The summed E-state index contributed by atoms with van der Waals surface area (Å²) in [5.41, 5.74) is 2.37. The fourth-order valence-corrected chi connectivity index (χ4v) is 2.68. The number of amides is 1. The van der Waals surface area contributed by atoms with E-state index in [4.69, 9.17) is 0 Å². The maximum atomic E-state index is 12.3. The van der Waals surface area contributed by atoms with Gasteiger partial charge in [0.1, 0.15) is 0 Å². The van der Waals surface area contributed by atoms with E-state index in [0.29, 0.717) is 10.4 Å². The van der Waals surface area contributed by atoms with Crippen LogP contribution in [-0.4, -0.2) is 17.0 Å². The lowest BCUT2D eigenvalue weighted by atomic mass is 10.0. The van der Waals surface area contributed by atoms with E-state index in [9.17, 15) is 14.7 Å². The minimum absolute atomic E-state index is 0.369. The van der Waals surface area contributed by atoms with Gasteiger partial charge in [-0.25, -0.2) is 4.79 Å². The van der Waals surface area contributed by atoms with Crippen LogP contribution >= 0.6 is 11.3 Å². The van der Waals surface area contributed by atoms with Gasteiger partial charge in [-0.05, 0) is 42.5 Å². The van der Waals surface area contributed by atoms with Crippen LogP contribution in [0.5, 0.6) is 0 Å². The van der Waals surface area contributed by atoms with Crippen LogP contribution in [0.1, 0.15) is 32.4 Å². The smallest absolute Gasteiger partial charge is 0.331 e. The highest BCUT2D eigenvalue weighted by Crippen LogP contribution is 2.20. The molecule has 4 nitrogen and oxygen atoms in total. The number of carbonyl (C=O) groups is 2. The highest BCUT2D eigenvalue weighted by Gasteiger charge is 2.24. The van der Waals surface area contributed by atoms with Crippen LogP contribution in [0.2, 0.25) is 0 Å². The first-order chi connectivity index (χ1) is 9.50. The van der Waals surface area contributed by atoms with Crippen molar-refractivity contribution < 1.29 is 14.7 Å². The molecule has 0 fully saturated rings. The predicted octanol–water partition coefficient (Wildman–Crippen LogP) is 2.92. The zero-order valence-electron chi connectivity index (χ0n) is 11.2. The zero-order chi connectivity index (χ0) is 14.7. The Morgan fingerprint density at radius 1 is 1.20 bits per heavy atom. The van der Waals surface area contributed by atoms with E-state index in [1.54, 1.807) is 29.6 Å². The molecule has 104 valence electrons. The summed E-state index contributed by atoms with van der Waals surface area (Å²) < 4.78 is 0. The van der Waals surface area contributed by atoms with E-state index < -0.39 is 12.0 Å². The maximum absolute atomic E-state index is 12.3. The molecule has 2 rings (SSSR count). The number of hydrogen-bond acceptors (Lipinski definition) is 3. The van der Waals surface area contributed by atoms with Crippen LogP contribution in [0, 0.1) is 13.8 Å². The molecule has 0 aliphatic rings. The van der Waals surface area contributed by atoms with E-state index >= 15 is 0 Å². The standard InChI is InChI=1S/C15H15NO3S/c1-9-5-3-6-11(10(9)2)14(17)16-13(15(18)19)12-7-4-8-20-12/h3-8,13H,1-2H3,(H,16,17)(H,18,19). The van der Waals surface area contributed by atoms with Crippen molar-refractivity contribution in [1.29, 1.82) is 0 Å². The third-order valence-corrected chi connectivity index (χ3v) is 4.14. The lowest BCUT2D eigenvalue weighted by molar-refractivity contribution is -0.139. The van der Waals surface area contributed by atoms with Gasteiger partial charge < -0.3 is 10.4 Å². The zero-order valence-corrected chi connectivity index (χ0v) is 12.0. The van der Waals surface area contributed by atoms with Gasteiger partial charge in [0, 0.05) is 10.4 Å². The van der Waals surface area contributed by atoms with Crippen LogP contribution in [0.3, 0.4) is 0 Å². The number of benzene rings is 1. The first kappa shape index (κ1) is 14.3. The second kappa shape index (κ2) is 5.88. The van der Waals surface area contributed by atoms with Gasteiger partial charge >= 0.3 is 5.97 Å². The largest absolute Gasteiger partial charge is 0.479 e. The molecule has 0 radical (unpaired) electrons. The highest BCUT2D eigenvalue weighted by atomic mass is 32.1. The van der Waals surface area contributed by atoms with E-state index in [1.807, 2.05) is 19.9 Å². The SMILES string of the molecule is Cc1cccc(C(=O)NC(C(=O)O)c2cccs2)c1C. The number of aliphatic carboxylic acids is 1. The van der Waals surface area contributed by atoms with Crippen molar-refractivity contribution in [3.63, 3.8) is 0 Å². The fraction of sp³-hybridized carbons (Fsp3) is 0.200. The molecule has 0 bridgehead atoms. The number of carboxylic acids is 1. The number of hydrogen-bond donors (Lipinski definition) is 2. The number of rotatable bonds is 4. The molecule has 2 aromatic rings. The van der Waals surface area contributed by atoms with Crippen LogP contribution in [-0.2, 0) is 4.79 Å². The number of aryl methyl sites for hydroxylation is 1. The average molecular weight is 289 g/mol. The molecule has 1 heterocycles. The summed E-state index contributed by atoms with van der Waals surface area (Å²) in [7, 11) is 0. The first-order valence-electron chi connectivity index (χ1n) is 6.14. The first-order valence-corrected chi connectivity index (χ1v) is 7.02. The molecule has 1 aromatic heterocycles. The maximum Gasteiger partial charge on any atom is 0.331 e. The summed E-state index contributed by atoms with van der Waals surface area (Å²) in [5, 5.41) is 13.6. The molecule has 0 saturated carbocycles. The molecule has 1 amide bonds. The van der Waals surface area contributed by atoms with Crippen molar-refractivity contribution in [1.82, 2.24) is 5.32 Å². The molecule has 0 aliphatic carbocycles. The van der Waals surface area contributed by atoms with E-state index in [0.717, 1.165) is 11.1 Å². The summed E-state index contributed by atoms with van der Waals surface area (Å²) in [6.07, 6.45) is 0. The van der Waals surface area contributed by atoms with Crippen molar-refractivity contribution >= 4 is 23.2 Å². The van der Waals surface area contributed by atoms with Crippen LogP contribution in [0.15, 0.2) is 35.7 Å². The molecule has 1 atom stereocenters. The van der Waals surface area contributed by atoms with Gasteiger partial charge in [0.15, 0.2) is 6.04 Å². The summed E-state index contributed by atoms with van der Waals surface area (Å²) in [4.78, 5) is 24.2. The monoisotopic (exact) mass is 289 g/mol. The summed E-state index contributed by atoms with van der Waals surface area (Å²) in [6, 6.07) is 7.86. The Morgan fingerprint density at radius 3 is 2.55 bits per heavy atom. The second-order valence-corrected chi connectivity index (χ2v) is 5.49. The number of carboxylic acid groups (broad SMARTS) is 1. The molecule has 5 heteroatoms. The van der Waals surface area contributed by atoms with Gasteiger partial charge in [-0.1, -0.05) is 18.2 Å². The molecule has 1 unspecified atom stereocenters. The minimum Gasteiger partial charge on any atom is -0.479 e. The normalized spacial score (nSPS) is 11.9. The minimum atomic E-state index is -1.06. The number of carbonyl (C=O) groups excluding carboxylic acids is 1. The quantitative estimate of drug-likeness (QED) is 0.909. The second-order valence-electron chi connectivity index (χ2n) is 4.51. The van der Waals surface area contributed by atoms with Crippen LogP contribution < -0.4 is 5.32 Å². The summed E-state index contributed by atoms with van der Waals surface area (Å²) >= 11 is 1.31. The van der Waals surface area contributed by atoms with Gasteiger partial charge in [-0.15, -0.1) is 11.3 Å². The van der Waals surface area contributed by atoms with Crippen molar-refractivity contribution in [3.05, 3.63) is 57.3 Å². The van der Waals surface area contributed by atoms with Gasteiger partial charge in [0.05, 0.1) is 0 Å². The molecule has 0 spiro atoms. The molecular weight excluding hydrogens is 274 g/mol. The number of thiophene rings is 1. The average Bonchev–Trinajstić information content (AvgIpc) is 2.92. The highest BCUT2D eigenvalue weighted by molar-refractivity contribution is 7.10. The Labute approximate surface area is 121 Å². The predicted molar refractivity (Wildman–Crippen MR) is 78.1 cm³/mol. The molecule has 1 aromatic carbocycles. The third kappa shape index (κ3) is 2.88. The molecule has 0 aliphatic heterocycles. The van der Waals surface area contributed by atoms with E-state index in [2.05, 4.69) is 5.32 Å². The van der Waals surface area contributed by atoms with Gasteiger partial charge in [0.2, 0.25) is 0 Å². The topological polar surface area (TPSA) is 66.4 Å². The Kier molecular flexibility index (Phi) is 4.20.